The molecule has 1 aliphatic heterocycles. The van der Waals surface area contributed by atoms with Crippen LogP contribution < -0.4 is 16.0 Å². The number of alkyl halides is 6. The van der Waals surface area contributed by atoms with E-state index in [4.69, 9.17) is 0 Å². The molecule has 1 atom stereocenters. The van der Waals surface area contributed by atoms with E-state index in [1.807, 2.05) is 0 Å². The van der Waals surface area contributed by atoms with Gasteiger partial charge >= 0.3 is 12.4 Å². The van der Waals surface area contributed by atoms with Crippen LogP contribution in [0.4, 0.5) is 32.0 Å². The fraction of sp³-hybridized carbons (Fsp3) is 0.619. The predicted molar refractivity (Wildman–Crippen MR) is 105 cm³/mol. The van der Waals surface area contributed by atoms with Crippen LogP contribution in [-0.4, -0.2) is 30.4 Å². The van der Waals surface area contributed by atoms with E-state index in [-0.39, 0.29) is 36.4 Å². The van der Waals surface area contributed by atoms with Gasteiger partial charge in [0.15, 0.2) is 0 Å². The first-order valence-electron chi connectivity index (χ1n) is 10.5. The molecule has 32 heavy (non-hydrogen) atoms. The number of halogens is 6. The molecule has 1 aliphatic carbocycles. The largest absolute Gasteiger partial charge is 0.416 e. The van der Waals surface area contributed by atoms with Crippen LogP contribution in [0.25, 0.3) is 0 Å². The van der Waals surface area contributed by atoms with Crippen LogP contribution in [0.5, 0.6) is 0 Å². The summed E-state index contributed by atoms with van der Waals surface area (Å²) in [6.07, 6.45) is -5.61. The Kier molecular flexibility index (Phi) is 7.36. The fourth-order valence-corrected chi connectivity index (χ4v) is 4.22. The molecule has 11 heteroatoms. The average molecular weight is 465 g/mol. The van der Waals surface area contributed by atoms with Crippen LogP contribution in [0.15, 0.2) is 18.2 Å². The van der Waals surface area contributed by atoms with Gasteiger partial charge in [0.25, 0.3) is 0 Å². The second kappa shape index (κ2) is 9.68. The quantitative estimate of drug-likeness (QED) is 0.562. The Balaban J connectivity index is 1.53. The van der Waals surface area contributed by atoms with E-state index in [0.29, 0.717) is 37.8 Å². The molecule has 1 aromatic rings. The number of hydrogen-bond acceptors (Lipinski definition) is 3. The Morgan fingerprint density at radius 1 is 0.906 bits per heavy atom. The van der Waals surface area contributed by atoms with Crippen molar-refractivity contribution in [3.63, 3.8) is 0 Å². The number of anilines is 1. The molecule has 1 aromatic carbocycles. The summed E-state index contributed by atoms with van der Waals surface area (Å²) in [5.74, 6) is -0.727. The van der Waals surface area contributed by atoms with Gasteiger partial charge in [-0.25, -0.2) is 0 Å². The highest BCUT2D eigenvalue weighted by Gasteiger charge is 2.37. The minimum Gasteiger partial charge on any atom is -0.352 e. The molecule has 0 radical (unpaired) electrons. The molecule has 0 unspecified atom stereocenters. The van der Waals surface area contributed by atoms with Crippen molar-refractivity contribution in [2.24, 2.45) is 5.92 Å². The van der Waals surface area contributed by atoms with Gasteiger partial charge in [0.2, 0.25) is 11.8 Å². The maximum absolute atomic E-state index is 13.0. The zero-order valence-electron chi connectivity index (χ0n) is 17.2. The minimum absolute atomic E-state index is 0.00187. The topological polar surface area (TPSA) is 70.2 Å². The molecule has 3 rings (SSSR count). The maximum Gasteiger partial charge on any atom is 0.416 e. The lowest BCUT2D eigenvalue weighted by Gasteiger charge is -2.29. The van der Waals surface area contributed by atoms with E-state index >= 15 is 0 Å². The van der Waals surface area contributed by atoms with Crippen molar-refractivity contribution >= 4 is 17.5 Å². The van der Waals surface area contributed by atoms with E-state index in [2.05, 4.69) is 16.0 Å². The number of benzene rings is 1. The lowest BCUT2D eigenvalue weighted by molar-refractivity contribution is -0.143. The first-order chi connectivity index (χ1) is 14.9. The molecule has 0 bridgehead atoms. The van der Waals surface area contributed by atoms with E-state index < -0.39 is 35.1 Å². The Hall–Kier alpha value is -2.30. The van der Waals surface area contributed by atoms with E-state index in [1.165, 1.54) is 0 Å². The van der Waals surface area contributed by atoms with Crippen LogP contribution in [0, 0.1) is 5.92 Å². The van der Waals surface area contributed by atoms with Gasteiger partial charge in [0.1, 0.15) is 0 Å². The SMILES string of the molecule is O=C(C[C@H]1CC[C@H](NC(=O)[C@H]2CCCN2)CC1)Nc1cc(C(F)(F)F)cc(C(F)(F)F)c1. The number of nitrogens with one attached hydrogen (secondary N) is 3. The summed E-state index contributed by atoms with van der Waals surface area (Å²) in [5, 5.41) is 8.30. The highest BCUT2D eigenvalue weighted by Crippen LogP contribution is 2.37. The molecule has 2 amide bonds. The van der Waals surface area contributed by atoms with Gasteiger partial charge in [-0.05, 0) is 69.2 Å². The van der Waals surface area contributed by atoms with Gasteiger partial charge in [-0.15, -0.1) is 0 Å². The Morgan fingerprint density at radius 2 is 1.50 bits per heavy atom. The molecule has 3 N–H and O–H groups in total. The van der Waals surface area contributed by atoms with Gasteiger partial charge in [-0.3, -0.25) is 9.59 Å². The summed E-state index contributed by atoms with van der Waals surface area (Å²) in [6.45, 7) is 0.816. The number of rotatable bonds is 5. The number of hydrogen-bond donors (Lipinski definition) is 3. The van der Waals surface area contributed by atoms with Gasteiger partial charge in [-0.2, -0.15) is 26.3 Å². The summed E-state index contributed by atoms with van der Waals surface area (Å²) in [6, 6.07) is 0.842. The normalized spacial score (nSPS) is 24.2. The zero-order chi connectivity index (χ0) is 23.5. The summed E-state index contributed by atoms with van der Waals surface area (Å²) >= 11 is 0. The third-order valence-electron chi connectivity index (χ3n) is 5.92. The second-order valence-electron chi connectivity index (χ2n) is 8.42. The maximum atomic E-state index is 13.0. The van der Waals surface area contributed by atoms with E-state index in [9.17, 15) is 35.9 Å². The van der Waals surface area contributed by atoms with Gasteiger partial charge < -0.3 is 16.0 Å². The first kappa shape index (κ1) is 24.3. The predicted octanol–water partition coefficient (Wildman–Crippen LogP) is 4.48. The monoisotopic (exact) mass is 465 g/mol. The third-order valence-corrected chi connectivity index (χ3v) is 5.92. The molecule has 0 spiro atoms. The fourth-order valence-electron chi connectivity index (χ4n) is 4.22. The Labute approximate surface area is 181 Å². The van der Waals surface area contributed by atoms with Crippen molar-refractivity contribution in [1.82, 2.24) is 10.6 Å². The van der Waals surface area contributed by atoms with Gasteiger partial charge in [0, 0.05) is 18.2 Å². The molecule has 1 saturated heterocycles. The molecule has 178 valence electrons. The first-order valence-corrected chi connectivity index (χ1v) is 10.5. The molecule has 1 saturated carbocycles. The van der Waals surface area contributed by atoms with Crippen LogP contribution in [0.2, 0.25) is 0 Å². The lowest BCUT2D eigenvalue weighted by Crippen LogP contribution is -2.46. The van der Waals surface area contributed by atoms with Crippen molar-refractivity contribution in [2.75, 3.05) is 11.9 Å². The molecule has 5 nitrogen and oxygen atoms in total. The molecular formula is C21H25F6N3O2. The Bertz CT molecular complexity index is 794. The van der Waals surface area contributed by atoms with Crippen LogP contribution in [0.1, 0.15) is 56.1 Å². The lowest BCUT2D eigenvalue weighted by atomic mass is 9.84. The minimum atomic E-state index is -4.97. The number of carbonyl (C=O) groups excluding carboxylic acids is 2. The third kappa shape index (κ3) is 6.60. The van der Waals surface area contributed by atoms with Crippen molar-refractivity contribution in [1.29, 1.82) is 0 Å². The summed E-state index contributed by atoms with van der Waals surface area (Å²) in [5.41, 5.74) is -3.49. The Morgan fingerprint density at radius 3 is 2.00 bits per heavy atom. The summed E-state index contributed by atoms with van der Waals surface area (Å²) in [7, 11) is 0. The zero-order valence-corrected chi connectivity index (χ0v) is 17.2. The van der Waals surface area contributed by atoms with Crippen LogP contribution in [0.3, 0.4) is 0 Å². The van der Waals surface area contributed by atoms with Gasteiger partial charge in [-0.1, -0.05) is 0 Å². The summed E-state index contributed by atoms with van der Waals surface area (Å²) < 4.78 is 77.7. The van der Waals surface area contributed by atoms with Crippen molar-refractivity contribution in [2.45, 2.75) is 69.4 Å². The van der Waals surface area contributed by atoms with Crippen molar-refractivity contribution in [3.05, 3.63) is 29.3 Å². The number of amides is 2. The highest BCUT2D eigenvalue weighted by atomic mass is 19.4. The highest BCUT2D eigenvalue weighted by molar-refractivity contribution is 5.91. The van der Waals surface area contributed by atoms with Crippen molar-refractivity contribution < 1.29 is 35.9 Å². The van der Waals surface area contributed by atoms with E-state index in [0.717, 1.165) is 19.4 Å². The smallest absolute Gasteiger partial charge is 0.352 e. The van der Waals surface area contributed by atoms with E-state index in [1.54, 1.807) is 0 Å². The molecule has 0 aromatic heterocycles. The van der Waals surface area contributed by atoms with Gasteiger partial charge in [0.05, 0.1) is 17.2 Å². The van der Waals surface area contributed by atoms with Crippen LogP contribution in [-0.2, 0) is 21.9 Å². The molecule has 2 aliphatic rings. The molecular weight excluding hydrogens is 440 g/mol. The molecule has 2 fully saturated rings. The van der Waals surface area contributed by atoms with Crippen LogP contribution >= 0.6 is 0 Å². The van der Waals surface area contributed by atoms with Crippen molar-refractivity contribution in [3.8, 4) is 0 Å². The standard InChI is InChI=1S/C21H25F6N3O2/c22-20(23,24)13-9-14(21(25,26)27)11-16(10-13)29-18(31)8-12-3-5-15(6-4-12)30-19(32)17-2-1-7-28-17/h9-12,15,17,28H,1-8H2,(H,29,31)(H,30,32)/t12-,15-,17-/m1/s1. The number of carbonyl (C=O) groups is 2. The summed E-state index contributed by atoms with van der Waals surface area (Å²) in [4.78, 5) is 24.5. The molecule has 1 heterocycles. The average Bonchev–Trinajstić information content (AvgIpc) is 3.23. The second-order valence-corrected chi connectivity index (χ2v) is 8.42.